The fourth-order valence-electron chi connectivity index (χ4n) is 2.72. The van der Waals surface area contributed by atoms with Crippen LogP contribution in [-0.2, 0) is 11.2 Å². The zero-order valence-corrected chi connectivity index (χ0v) is 11.6. The molecule has 1 saturated heterocycles. The van der Waals surface area contributed by atoms with Gasteiger partial charge in [0.15, 0.2) is 0 Å². The Kier molecular flexibility index (Phi) is 3.69. The van der Waals surface area contributed by atoms with Gasteiger partial charge in [0.2, 0.25) is 0 Å². The summed E-state index contributed by atoms with van der Waals surface area (Å²) in [5.41, 5.74) is 2.20. The Labute approximate surface area is 117 Å². The Morgan fingerprint density at radius 3 is 3.00 bits per heavy atom. The maximum Gasteiger partial charge on any atom is 0.127 e. The third-order valence-electron chi connectivity index (χ3n) is 3.61. The molecule has 3 rings (SSSR count). The van der Waals surface area contributed by atoms with E-state index >= 15 is 0 Å². The molecule has 1 aromatic rings. The lowest BCUT2D eigenvalue weighted by molar-refractivity contribution is 0.103. The Bertz CT molecular complexity index is 442. The van der Waals surface area contributed by atoms with Crippen LogP contribution in [0.5, 0.6) is 5.75 Å². The Morgan fingerprint density at radius 1 is 1.33 bits per heavy atom. The highest BCUT2D eigenvalue weighted by atomic mass is 35.5. The van der Waals surface area contributed by atoms with Gasteiger partial charge in [0.05, 0.1) is 18.1 Å². The van der Waals surface area contributed by atoms with E-state index in [-0.39, 0.29) is 11.5 Å². The van der Waals surface area contributed by atoms with Crippen LogP contribution in [0.15, 0.2) is 12.1 Å². The predicted molar refractivity (Wildman–Crippen MR) is 72.8 cm³/mol. The van der Waals surface area contributed by atoms with Crippen molar-refractivity contribution in [2.45, 2.75) is 37.2 Å². The molecule has 1 fully saturated rings. The molecule has 1 aromatic carbocycles. The summed E-state index contributed by atoms with van der Waals surface area (Å²) in [7, 11) is 0. The maximum absolute atomic E-state index is 6.52. The number of alkyl halides is 1. The van der Waals surface area contributed by atoms with Gasteiger partial charge in [-0.3, -0.25) is 0 Å². The van der Waals surface area contributed by atoms with E-state index in [0.29, 0.717) is 0 Å². The Balaban J connectivity index is 1.82. The molecule has 0 amide bonds. The molecule has 2 atom stereocenters. The second kappa shape index (κ2) is 5.28. The van der Waals surface area contributed by atoms with Gasteiger partial charge in [-0.15, -0.1) is 11.6 Å². The molecule has 0 spiro atoms. The van der Waals surface area contributed by atoms with Crippen molar-refractivity contribution in [2.24, 2.45) is 0 Å². The lowest BCUT2D eigenvalue weighted by atomic mass is 10.0. The summed E-state index contributed by atoms with van der Waals surface area (Å²) in [4.78, 5) is 0. The van der Waals surface area contributed by atoms with E-state index < -0.39 is 0 Å². The van der Waals surface area contributed by atoms with Gasteiger partial charge in [-0.05, 0) is 37.0 Å². The van der Waals surface area contributed by atoms with Crippen molar-refractivity contribution >= 4 is 23.2 Å². The minimum Gasteiger partial charge on any atom is -0.493 e. The first-order valence-corrected chi connectivity index (χ1v) is 7.26. The minimum atomic E-state index is -0.0846. The van der Waals surface area contributed by atoms with E-state index in [1.54, 1.807) is 0 Å². The van der Waals surface area contributed by atoms with E-state index in [1.807, 2.05) is 12.1 Å². The van der Waals surface area contributed by atoms with Crippen molar-refractivity contribution < 1.29 is 9.47 Å². The van der Waals surface area contributed by atoms with Crippen molar-refractivity contribution in [3.63, 3.8) is 0 Å². The number of hydrogen-bond acceptors (Lipinski definition) is 2. The molecule has 2 unspecified atom stereocenters. The SMILES string of the molecule is Clc1cc2c(c(C(Cl)CC3CCCO3)c1)OCC2. The number of ether oxygens (including phenoxy) is 2. The van der Waals surface area contributed by atoms with Crippen molar-refractivity contribution in [1.82, 2.24) is 0 Å². The molecule has 0 aromatic heterocycles. The zero-order valence-electron chi connectivity index (χ0n) is 10.1. The molecule has 2 aliphatic rings. The van der Waals surface area contributed by atoms with Gasteiger partial charge in [0.25, 0.3) is 0 Å². The van der Waals surface area contributed by atoms with Crippen LogP contribution in [0.1, 0.15) is 35.8 Å². The van der Waals surface area contributed by atoms with E-state index in [9.17, 15) is 0 Å². The standard InChI is InChI=1S/C14H16Cl2O2/c15-10-6-9-3-5-18-14(9)12(7-10)13(16)8-11-2-1-4-17-11/h6-7,11,13H,1-5,8H2. The normalized spacial score (nSPS) is 23.8. The number of hydrogen-bond donors (Lipinski definition) is 0. The van der Waals surface area contributed by atoms with Gasteiger partial charge in [0, 0.05) is 23.6 Å². The molecule has 18 heavy (non-hydrogen) atoms. The van der Waals surface area contributed by atoms with Gasteiger partial charge >= 0.3 is 0 Å². The highest BCUT2D eigenvalue weighted by molar-refractivity contribution is 6.31. The van der Waals surface area contributed by atoms with Crippen LogP contribution in [-0.4, -0.2) is 19.3 Å². The molecule has 0 radical (unpaired) electrons. The maximum atomic E-state index is 6.52. The molecule has 2 aliphatic heterocycles. The smallest absolute Gasteiger partial charge is 0.127 e. The first kappa shape index (κ1) is 12.6. The van der Waals surface area contributed by atoms with Crippen LogP contribution < -0.4 is 4.74 Å². The molecule has 98 valence electrons. The molecular weight excluding hydrogens is 271 g/mol. The van der Waals surface area contributed by atoms with Crippen molar-refractivity contribution in [1.29, 1.82) is 0 Å². The van der Waals surface area contributed by atoms with Crippen molar-refractivity contribution in [3.05, 3.63) is 28.3 Å². The van der Waals surface area contributed by atoms with Gasteiger partial charge in [-0.25, -0.2) is 0 Å². The molecule has 0 N–H and O–H groups in total. The average Bonchev–Trinajstić information content (AvgIpc) is 2.97. The van der Waals surface area contributed by atoms with Crippen LogP contribution in [0.25, 0.3) is 0 Å². The van der Waals surface area contributed by atoms with Crippen LogP contribution in [0.4, 0.5) is 0 Å². The monoisotopic (exact) mass is 286 g/mol. The highest BCUT2D eigenvalue weighted by Gasteiger charge is 2.26. The van der Waals surface area contributed by atoms with E-state index in [4.69, 9.17) is 32.7 Å². The number of rotatable bonds is 3. The molecule has 0 saturated carbocycles. The van der Waals surface area contributed by atoms with Crippen LogP contribution in [0.2, 0.25) is 5.02 Å². The highest BCUT2D eigenvalue weighted by Crippen LogP contribution is 2.41. The summed E-state index contributed by atoms with van der Waals surface area (Å²) >= 11 is 12.7. The summed E-state index contributed by atoms with van der Waals surface area (Å²) in [5, 5.41) is 0.658. The average molecular weight is 287 g/mol. The fourth-order valence-corrected chi connectivity index (χ4v) is 3.33. The summed E-state index contributed by atoms with van der Waals surface area (Å²) in [6.45, 7) is 1.59. The summed E-state index contributed by atoms with van der Waals surface area (Å²) < 4.78 is 11.3. The Morgan fingerprint density at radius 2 is 2.22 bits per heavy atom. The summed E-state index contributed by atoms with van der Waals surface area (Å²) in [5.74, 6) is 0.942. The molecule has 2 heterocycles. The third kappa shape index (κ3) is 2.47. The van der Waals surface area contributed by atoms with Gasteiger partial charge in [-0.2, -0.15) is 0 Å². The van der Waals surface area contributed by atoms with Crippen LogP contribution in [0.3, 0.4) is 0 Å². The van der Waals surface area contributed by atoms with Gasteiger partial charge in [0.1, 0.15) is 5.75 Å². The first-order chi connectivity index (χ1) is 8.74. The summed E-state index contributed by atoms with van der Waals surface area (Å²) in [6.07, 6.45) is 4.28. The summed E-state index contributed by atoms with van der Waals surface area (Å²) in [6, 6.07) is 3.90. The van der Waals surface area contributed by atoms with Crippen molar-refractivity contribution in [2.75, 3.05) is 13.2 Å². The second-order valence-corrected chi connectivity index (χ2v) is 5.88. The van der Waals surface area contributed by atoms with E-state index in [1.165, 1.54) is 5.56 Å². The lowest BCUT2D eigenvalue weighted by Gasteiger charge is -2.17. The Hall–Kier alpha value is -0.440. The molecule has 0 bridgehead atoms. The molecule has 0 aliphatic carbocycles. The topological polar surface area (TPSA) is 18.5 Å². The quantitative estimate of drug-likeness (QED) is 0.778. The van der Waals surface area contributed by atoms with Crippen molar-refractivity contribution in [3.8, 4) is 5.75 Å². The third-order valence-corrected chi connectivity index (χ3v) is 4.24. The molecular formula is C14H16Cl2O2. The minimum absolute atomic E-state index is 0.0846. The first-order valence-electron chi connectivity index (χ1n) is 6.45. The molecule has 2 nitrogen and oxygen atoms in total. The largest absolute Gasteiger partial charge is 0.493 e. The van der Waals surface area contributed by atoms with Crippen LogP contribution >= 0.6 is 23.2 Å². The van der Waals surface area contributed by atoms with Crippen LogP contribution in [0, 0.1) is 0 Å². The van der Waals surface area contributed by atoms with Gasteiger partial charge in [-0.1, -0.05) is 11.6 Å². The predicted octanol–water partition coefficient (Wildman–Crippen LogP) is 4.12. The number of benzene rings is 1. The molecule has 4 heteroatoms. The van der Waals surface area contributed by atoms with E-state index in [0.717, 1.165) is 55.2 Å². The van der Waals surface area contributed by atoms with E-state index in [2.05, 4.69) is 0 Å². The van der Waals surface area contributed by atoms with Gasteiger partial charge < -0.3 is 9.47 Å². The lowest BCUT2D eigenvalue weighted by Crippen LogP contribution is -2.09. The zero-order chi connectivity index (χ0) is 12.5. The fraction of sp³-hybridized carbons (Fsp3) is 0.571. The second-order valence-electron chi connectivity index (χ2n) is 4.92. The number of fused-ring (bicyclic) bond motifs is 1. The number of halogens is 2.